The van der Waals surface area contributed by atoms with Crippen molar-refractivity contribution in [3.63, 3.8) is 0 Å². The van der Waals surface area contributed by atoms with E-state index >= 15 is 0 Å². The Morgan fingerprint density at radius 3 is 2.86 bits per heavy atom. The Hall–Kier alpha value is -3.38. The van der Waals surface area contributed by atoms with Gasteiger partial charge in [-0.3, -0.25) is 14.7 Å². The molecule has 0 N–H and O–H groups in total. The van der Waals surface area contributed by atoms with Crippen LogP contribution in [-0.4, -0.2) is 22.4 Å². The van der Waals surface area contributed by atoms with E-state index in [0.717, 1.165) is 23.4 Å². The fraction of sp³-hybridized carbons (Fsp3) is 0.182. The maximum absolute atomic E-state index is 12.8. The predicted octanol–water partition coefficient (Wildman–Crippen LogP) is 3.95. The Labute approximate surface area is 162 Å². The van der Waals surface area contributed by atoms with E-state index in [1.54, 1.807) is 36.9 Å². The minimum atomic E-state index is -0.136. The molecule has 6 nitrogen and oxygen atoms in total. The van der Waals surface area contributed by atoms with E-state index in [4.69, 9.17) is 13.9 Å². The molecule has 0 atom stereocenters. The molecule has 28 heavy (non-hydrogen) atoms. The molecule has 1 aromatic carbocycles. The van der Waals surface area contributed by atoms with Crippen molar-refractivity contribution in [2.24, 2.45) is 0 Å². The van der Waals surface area contributed by atoms with Crippen LogP contribution in [0, 0.1) is 6.92 Å². The van der Waals surface area contributed by atoms with Gasteiger partial charge in [0.2, 0.25) is 5.78 Å². The van der Waals surface area contributed by atoms with Crippen LogP contribution in [0.25, 0.3) is 6.08 Å². The van der Waals surface area contributed by atoms with Gasteiger partial charge in [-0.15, -0.1) is 0 Å². The lowest BCUT2D eigenvalue weighted by molar-refractivity contribution is 0.0876. The summed E-state index contributed by atoms with van der Waals surface area (Å²) in [6.07, 6.45) is 6.76. The summed E-state index contributed by atoms with van der Waals surface area (Å²) in [6, 6.07) is 9.43. The largest absolute Gasteiger partial charge is 0.477 e. The molecule has 0 amide bonds. The zero-order valence-corrected chi connectivity index (χ0v) is 15.3. The van der Waals surface area contributed by atoms with Crippen LogP contribution in [0.2, 0.25) is 0 Å². The Kier molecular flexibility index (Phi) is 3.98. The standard InChI is InChI=1S/C22H18N2O4/c1-14-21-16(12-24(13-27-21)11-15-4-6-23-7-5-15)9-18-20(25)19(28-22(14)18)10-17-3-2-8-26-17/h2-10H,11-13H2,1H3/b19-10-. The van der Waals surface area contributed by atoms with E-state index in [2.05, 4.69) is 9.88 Å². The molecular formula is C22H18N2O4. The molecule has 0 aliphatic carbocycles. The fourth-order valence-corrected chi connectivity index (χ4v) is 3.65. The lowest BCUT2D eigenvalue weighted by Gasteiger charge is -2.30. The number of rotatable bonds is 3. The molecule has 0 radical (unpaired) electrons. The van der Waals surface area contributed by atoms with E-state index in [1.807, 2.05) is 25.1 Å². The highest BCUT2D eigenvalue weighted by atomic mass is 16.5. The smallest absolute Gasteiger partial charge is 0.232 e. The molecule has 2 aliphatic heterocycles. The number of fused-ring (bicyclic) bond motifs is 2. The summed E-state index contributed by atoms with van der Waals surface area (Å²) < 4.78 is 17.2. The van der Waals surface area contributed by atoms with Gasteiger partial charge in [0.15, 0.2) is 5.76 Å². The summed E-state index contributed by atoms with van der Waals surface area (Å²) in [6.45, 7) is 3.87. The number of pyridine rings is 1. The highest BCUT2D eigenvalue weighted by Gasteiger charge is 2.33. The van der Waals surface area contributed by atoms with Gasteiger partial charge in [-0.2, -0.15) is 0 Å². The summed E-state index contributed by atoms with van der Waals surface area (Å²) in [5.74, 6) is 2.09. The highest BCUT2D eigenvalue weighted by Crippen LogP contribution is 2.43. The molecular weight excluding hydrogens is 356 g/mol. The van der Waals surface area contributed by atoms with E-state index in [-0.39, 0.29) is 11.5 Å². The van der Waals surface area contributed by atoms with Crippen LogP contribution in [0.1, 0.15) is 32.8 Å². The second kappa shape index (κ2) is 6.65. The SMILES string of the molecule is Cc1c2c(cc3c1O/C(=C\c1ccco1)C3=O)CN(Cc1ccncc1)CO2. The van der Waals surface area contributed by atoms with Crippen molar-refractivity contribution < 1.29 is 18.7 Å². The number of benzene rings is 1. The van der Waals surface area contributed by atoms with E-state index in [1.165, 1.54) is 5.56 Å². The monoisotopic (exact) mass is 374 g/mol. The lowest BCUT2D eigenvalue weighted by atomic mass is 10.00. The zero-order valence-electron chi connectivity index (χ0n) is 15.3. The Bertz CT molecular complexity index is 1070. The number of carbonyl (C=O) groups excluding carboxylic acids is 1. The molecule has 0 unspecified atom stereocenters. The number of ketones is 1. The summed E-state index contributed by atoms with van der Waals surface area (Å²) in [7, 11) is 0. The highest BCUT2D eigenvalue weighted by molar-refractivity contribution is 6.15. The zero-order chi connectivity index (χ0) is 19.1. The van der Waals surface area contributed by atoms with Gasteiger partial charge in [0.1, 0.15) is 24.0 Å². The van der Waals surface area contributed by atoms with Crippen LogP contribution >= 0.6 is 0 Å². The molecule has 4 heterocycles. The van der Waals surface area contributed by atoms with Crippen LogP contribution in [0.4, 0.5) is 0 Å². The summed E-state index contributed by atoms with van der Waals surface area (Å²) in [5.41, 5.74) is 3.59. The number of aromatic nitrogens is 1. The third-order valence-electron chi connectivity index (χ3n) is 4.97. The predicted molar refractivity (Wildman–Crippen MR) is 102 cm³/mol. The second-order valence-corrected chi connectivity index (χ2v) is 6.94. The normalized spacial score (nSPS) is 17.2. The van der Waals surface area contributed by atoms with Crippen LogP contribution in [-0.2, 0) is 13.1 Å². The summed E-state index contributed by atoms with van der Waals surface area (Å²) >= 11 is 0. The first kappa shape index (κ1) is 16.8. The maximum Gasteiger partial charge on any atom is 0.232 e. The van der Waals surface area contributed by atoms with E-state index in [9.17, 15) is 4.79 Å². The van der Waals surface area contributed by atoms with Crippen molar-refractivity contribution in [1.82, 2.24) is 9.88 Å². The summed E-state index contributed by atoms with van der Waals surface area (Å²) in [5, 5.41) is 0. The quantitative estimate of drug-likeness (QED) is 0.647. The number of ether oxygens (including phenoxy) is 2. The Morgan fingerprint density at radius 1 is 1.21 bits per heavy atom. The number of furan rings is 1. The number of allylic oxidation sites excluding steroid dienone is 1. The first-order valence-corrected chi connectivity index (χ1v) is 9.07. The Morgan fingerprint density at radius 2 is 2.07 bits per heavy atom. The minimum absolute atomic E-state index is 0.136. The number of nitrogens with zero attached hydrogens (tertiary/aromatic N) is 2. The number of Topliss-reactive ketones (excluding diaryl/α,β-unsaturated/α-hetero) is 1. The maximum atomic E-state index is 12.8. The average molecular weight is 374 g/mol. The van der Waals surface area contributed by atoms with Crippen molar-refractivity contribution in [3.05, 3.63) is 82.8 Å². The first-order chi connectivity index (χ1) is 13.7. The van der Waals surface area contributed by atoms with Gasteiger partial charge in [-0.1, -0.05) is 0 Å². The number of hydrogen-bond acceptors (Lipinski definition) is 6. The molecule has 2 aliphatic rings. The number of hydrogen-bond donors (Lipinski definition) is 0. The van der Waals surface area contributed by atoms with Gasteiger partial charge >= 0.3 is 0 Å². The molecule has 0 saturated carbocycles. The molecule has 5 rings (SSSR count). The summed E-state index contributed by atoms with van der Waals surface area (Å²) in [4.78, 5) is 19.1. The van der Waals surface area contributed by atoms with Gasteiger partial charge < -0.3 is 13.9 Å². The first-order valence-electron chi connectivity index (χ1n) is 9.07. The lowest BCUT2D eigenvalue weighted by Crippen LogP contribution is -2.32. The third-order valence-corrected chi connectivity index (χ3v) is 4.97. The fourth-order valence-electron chi connectivity index (χ4n) is 3.65. The van der Waals surface area contributed by atoms with Crippen LogP contribution in [0.5, 0.6) is 11.5 Å². The Balaban J connectivity index is 1.44. The topological polar surface area (TPSA) is 64.8 Å². The van der Waals surface area contributed by atoms with Gasteiger partial charge in [-0.05, 0) is 42.8 Å². The van der Waals surface area contributed by atoms with Crippen molar-refractivity contribution in [3.8, 4) is 11.5 Å². The van der Waals surface area contributed by atoms with Crippen LogP contribution < -0.4 is 9.47 Å². The van der Waals surface area contributed by atoms with Crippen molar-refractivity contribution in [1.29, 1.82) is 0 Å². The van der Waals surface area contributed by atoms with Gasteiger partial charge in [0.05, 0.1) is 11.8 Å². The molecule has 0 fully saturated rings. The molecule has 2 aromatic heterocycles. The number of carbonyl (C=O) groups is 1. The van der Waals surface area contributed by atoms with Crippen molar-refractivity contribution >= 4 is 11.9 Å². The van der Waals surface area contributed by atoms with Crippen molar-refractivity contribution in [2.45, 2.75) is 20.0 Å². The molecule has 140 valence electrons. The van der Waals surface area contributed by atoms with Crippen molar-refractivity contribution in [2.75, 3.05) is 6.73 Å². The van der Waals surface area contributed by atoms with Gasteiger partial charge in [-0.25, -0.2) is 0 Å². The van der Waals surface area contributed by atoms with Crippen LogP contribution in [0.3, 0.4) is 0 Å². The second-order valence-electron chi connectivity index (χ2n) is 6.94. The molecule has 0 bridgehead atoms. The van der Waals surface area contributed by atoms with E-state index < -0.39 is 0 Å². The average Bonchev–Trinajstić information content (AvgIpc) is 3.32. The minimum Gasteiger partial charge on any atom is -0.477 e. The van der Waals surface area contributed by atoms with Gasteiger partial charge in [0.25, 0.3) is 0 Å². The molecule has 0 saturated heterocycles. The van der Waals surface area contributed by atoms with E-state index in [0.29, 0.717) is 30.3 Å². The third kappa shape index (κ3) is 2.88. The van der Waals surface area contributed by atoms with Crippen LogP contribution in [0.15, 0.2) is 59.2 Å². The molecule has 3 aromatic rings. The molecule has 0 spiro atoms. The molecule has 6 heteroatoms. The van der Waals surface area contributed by atoms with Gasteiger partial charge in [0, 0.05) is 42.7 Å².